The van der Waals surface area contributed by atoms with Crippen molar-refractivity contribution in [1.82, 2.24) is 5.32 Å². The highest BCUT2D eigenvalue weighted by Gasteiger charge is 2.28. The molecule has 114 valence electrons. The molecule has 1 aliphatic rings. The lowest BCUT2D eigenvalue weighted by molar-refractivity contribution is -0.136. The van der Waals surface area contributed by atoms with Gasteiger partial charge >= 0.3 is 6.18 Å². The van der Waals surface area contributed by atoms with Gasteiger partial charge in [0.05, 0.1) is 12.2 Å². The topological polar surface area (TPSA) is 47.6 Å². The Hall–Kier alpha value is -2.18. The van der Waals surface area contributed by atoms with Crippen LogP contribution < -0.4 is 14.8 Å². The van der Waals surface area contributed by atoms with Crippen LogP contribution in [0.15, 0.2) is 23.8 Å². The van der Waals surface area contributed by atoms with Crippen molar-refractivity contribution in [3.63, 3.8) is 0 Å². The van der Waals surface area contributed by atoms with E-state index in [-0.39, 0.29) is 12.2 Å². The summed E-state index contributed by atoms with van der Waals surface area (Å²) in [4.78, 5) is 11.7. The molecule has 0 saturated heterocycles. The standard InChI is InChI=1S/C14H14F3NO3/c1-2-20-11-3-4-12-9(6-11)5-10(7-21-12)13(19)18-8-14(15,16)17/h3-6H,2,7-8H2,1H3,(H,18,19). The molecule has 7 heteroatoms. The maximum Gasteiger partial charge on any atom is 0.405 e. The third-order valence-electron chi connectivity index (χ3n) is 2.75. The molecule has 0 bridgehead atoms. The van der Waals surface area contributed by atoms with Crippen LogP contribution in [-0.2, 0) is 4.79 Å². The predicted molar refractivity (Wildman–Crippen MR) is 70.1 cm³/mol. The number of amides is 1. The molecule has 4 nitrogen and oxygen atoms in total. The zero-order valence-electron chi connectivity index (χ0n) is 11.3. The monoisotopic (exact) mass is 301 g/mol. The number of carbonyl (C=O) groups excluding carboxylic acids is 1. The lowest BCUT2D eigenvalue weighted by Crippen LogP contribution is -2.36. The van der Waals surface area contributed by atoms with Crippen molar-refractivity contribution in [2.24, 2.45) is 0 Å². The summed E-state index contributed by atoms with van der Waals surface area (Å²) in [5.74, 6) is 0.374. The Morgan fingerprint density at radius 3 is 2.86 bits per heavy atom. The summed E-state index contributed by atoms with van der Waals surface area (Å²) in [6, 6.07) is 5.10. The predicted octanol–water partition coefficient (Wildman–Crippen LogP) is 2.54. The van der Waals surface area contributed by atoms with Crippen molar-refractivity contribution in [1.29, 1.82) is 0 Å². The van der Waals surface area contributed by atoms with E-state index in [0.29, 0.717) is 23.7 Å². The first kappa shape index (κ1) is 15.2. The first-order valence-corrected chi connectivity index (χ1v) is 6.34. The van der Waals surface area contributed by atoms with Gasteiger partial charge < -0.3 is 14.8 Å². The number of hydrogen-bond donors (Lipinski definition) is 1. The van der Waals surface area contributed by atoms with Crippen molar-refractivity contribution in [3.8, 4) is 11.5 Å². The summed E-state index contributed by atoms with van der Waals surface area (Å²) in [6.45, 7) is 0.893. The van der Waals surface area contributed by atoms with Crippen LogP contribution in [0.25, 0.3) is 6.08 Å². The van der Waals surface area contributed by atoms with Crippen LogP contribution >= 0.6 is 0 Å². The quantitative estimate of drug-likeness (QED) is 0.929. The minimum atomic E-state index is -4.44. The minimum Gasteiger partial charge on any atom is -0.494 e. The molecule has 1 aliphatic heterocycles. The molecule has 0 atom stereocenters. The largest absolute Gasteiger partial charge is 0.494 e. The summed E-state index contributed by atoms with van der Waals surface area (Å²) in [6.07, 6.45) is -2.93. The molecule has 0 radical (unpaired) electrons. The molecule has 1 aromatic carbocycles. The van der Waals surface area contributed by atoms with Gasteiger partial charge in [-0.2, -0.15) is 13.2 Å². The molecule has 1 aromatic rings. The first-order valence-electron chi connectivity index (χ1n) is 6.34. The second-order valence-corrected chi connectivity index (χ2v) is 4.39. The van der Waals surface area contributed by atoms with E-state index >= 15 is 0 Å². The van der Waals surface area contributed by atoms with Crippen LogP contribution in [0, 0.1) is 0 Å². The Morgan fingerprint density at radius 2 is 2.19 bits per heavy atom. The fourth-order valence-electron chi connectivity index (χ4n) is 1.84. The Morgan fingerprint density at radius 1 is 1.43 bits per heavy atom. The SMILES string of the molecule is CCOc1ccc2c(c1)C=C(C(=O)NCC(F)(F)F)CO2. The maximum atomic E-state index is 12.1. The molecule has 0 aromatic heterocycles. The van der Waals surface area contributed by atoms with Crippen LogP contribution in [0.1, 0.15) is 12.5 Å². The molecular formula is C14H14F3NO3. The fourth-order valence-corrected chi connectivity index (χ4v) is 1.84. The second kappa shape index (κ2) is 6.07. The lowest BCUT2D eigenvalue weighted by Gasteiger charge is -2.18. The minimum absolute atomic E-state index is 0.0648. The molecule has 0 unspecified atom stereocenters. The normalized spacial score (nSPS) is 13.8. The summed E-state index contributed by atoms with van der Waals surface area (Å²) in [7, 11) is 0. The number of ether oxygens (including phenoxy) is 2. The van der Waals surface area contributed by atoms with Crippen LogP contribution in [-0.4, -0.2) is 31.8 Å². The zero-order chi connectivity index (χ0) is 15.5. The molecule has 1 amide bonds. The van der Waals surface area contributed by atoms with E-state index in [0.717, 1.165) is 0 Å². The van der Waals surface area contributed by atoms with E-state index in [4.69, 9.17) is 9.47 Å². The molecule has 1 N–H and O–H groups in total. The van der Waals surface area contributed by atoms with Gasteiger partial charge in [-0.25, -0.2) is 0 Å². The highest BCUT2D eigenvalue weighted by molar-refractivity contribution is 5.99. The van der Waals surface area contributed by atoms with Crippen LogP contribution in [0.5, 0.6) is 11.5 Å². The molecule has 0 aliphatic carbocycles. The van der Waals surface area contributed by atoms with Gasteiger partial charge in [-0.1, -0.05) is 0 Å². The first-order chi connectivity index (χ1) is 9.89. The van der Waals surface area contributed by atoms with Gasteiger partial charge in [0.25, 0.3) is 5.91 Å². The van der Waals surface area contributed by atoms with Gasteiger partial charge in [-0.3, -0.25) is 4.79 Å². The van der Waals surface area contributed by atoms with Crippen LogP contribution in [0.4, 0.5) is 13.2 Å². The Labute approximate surface area is 119 Å². The van der Waals surface area contributed by atoms with Crippen molar-refractivity contribution in [2.45, 2.75) is 13.1 Å². The Bertz CT molecular complexity index is 567. The average molecular weight is 301 g/mol. The van der Waals surface area contributed by atoms with Crippen molar-refractivity contribution < 1.29 is 27.4 Å². The highest BCUT2D eigenvalue weighted by Crippen LogP contribution is 2.30. The van der Waals surface area contributed by atoms with Crippen LogP contribution in [0.3, 0.4) is 0 Å². The van der Waals surface area contributed by atoms with E-state index in [9.17, 15) is 18.0 Å². The van der Waals surface area contributed by atoms with E-state index < -0.39 is 18.6 Å². The molecular weight excluding hydrogens is 287 g/mol. The summed E-state index contributed by atoms with van der Waals surface area (Å²) in [5, 5.41) is 1.82. The van der Waals surface area contributed by atoms with Gasteiger partial charge in [0.1, 0.15) is 24.7 Å². The van der Waals surface area contributed by atoms with E-state index in [2.05, 4.69) is 0 Å². The number of fused-ring (bicyclic) bond motifs is 1. The lowest BCUT2D eigenvalue weighted by atomic mass is 10.1. The third kappa shape index (κ3) is 4.14. The summed E-state index contributed by atoms with van der Waals surface area (Å²) in [5.41, 5.74) is 0.741. The second-order valence-electron chi connectivity index (χ2n) is 4.39. The number of halogens is 3. The van der Waals surface area contributed by atoms with Gasteiger partial charge in [0.15, 0.2) is 0 Å². The third-order valence-corrected chi connectivity index (χ3v) is 2.75. The smallest absolute Gasteiger partial charge is 0.405 e. The Kier molecular flexibility index (Phi) is 4.40. The molecule has 21 heavy (non-hydrogen) atoms. The maximum absolute atomic E-state index is 12.1. The summed E-state index contributed by atoms with van der Waals surface area (Å²) >= 11 is 0. The number of hydrogen-bond acceptors (Lipinski definition) is 3. The van der Waals surface area contributed by atoms with E-state index in [1.54, 1.807) is 18.2 Å². The molecule has 1 heterocycles. The van der Waals surface area contributed by atoms with Crippen molar-refractivity contribution in [2.75, 3.05) is 19.8 Å². The molecule has 0 spiro atoms. The average Bonchev–Trinajstić information content (AvgIpc) is 2.43. The fraction of sp³-hybridized carbons (Fsp3) is 0.357. The Balaban J connectivity index is 2.12. The number of rotatable bonds is 4. The van der Waals surface area contributed by atoms with Gasteiger partial charge in [-0.15, -0.1) is 0 Å². The van der Waals surface area contributed by atoms with Gasteiger partial charge in [-0.05, 0) is 31.2 Å². The van der Waals surface area contributed by atoms with E-state index in [1.807, 2.05) is 12.2 Å². The molecule has 2 rings (SSSR count). The van der Waals surface area contributed by atoms with E-state index in [1.165, 1.54) is 6.08 Å². The zero-order valence-corrected chi connectivity index (χ0v) is 11.3. The van der Waals surface area contributed by atoms with Crippen LogP contribution in [0.2, 0.25) is 0 Å². The summed E-state index contributed by atoms with van der Waals surface area (Å²) < 4.78 is 46.9. The number of benzene rings is 1. The highest BCUT2D eigenvalue weighted by atomic mass is 19.4. The number of carbonyl (C=O) groups is 1. The van der Waals surface area contributed by atoms with Gasteiger partial charge in [0.2, 0.25) is 0 Å². The van der Waals surface area contributed by atoms with Crippen molar-refractivity contribution in [3.05, 3.63) is 29.3 Å². The molecule has 0 fully saturated rings. The molecule has 0 saturated carbocycles. The van der Waals surface area contributed by atoms with Gasteiger partial charge in [0, 0.05) is 5.56 Å². The van der Waals surface area contributed by atoms with Crippen molar-refractivity contribution >= 4 is 12.0 Å². The number of nitrogens with one attached hydrogen (secondary N) is 1. The number of alkyl halides is 3.